The number of para-hydroxylation sites is 1. The lowest BCUT2D eigenvalue weighted by Gasteiger charge is -2.21. The van der Waals surface area contributed by atoms with Gasteiger partial charge in [-0.25, -0.2) is 0 Å². The fraction of sp³-hybridized carbons (Fsp3) is 0.400. The molecule has 0 radical (unpaired) electrons. The largest absolute Gasteiger partial charge is 0.375 e. The second kappa shape index (κ2) is 7.89. The normalized spacial score (nSPS) is 10.1. The monoisotopic (exact) mass is 278 g/mol. The Hall–Kier alpha value is -1.42. The van der Waals surface area contributed by atoms with E-state index in [0.717, 1.165) is 16.2 Å². The Morgan fingerprint density at radius 1 is 1.42 bits per heavy atom. The van der Waals surface area contributed by atoms with Gasteiger partial charge in [0.05, 0.1) is 6.54 Å². The highest BCUT2D eigenvalue weighted by Gasteiger charge is 2.11. The van der Waals surface area contributed by atoms with Crippen LogP contribution in [0.15, 0.2) is 41.3 Å². The number of thioether (sulfide) groups is 1. The van der Waals surface area contributed by atoms with Crippen LogP contribution in [-0.2, 0) is 4.79 Å². The van der Waals surface area contributed by atoms with Crippen LogP contribution in [0.25, 0.3) is 0 Å². The first-order chi connectivity index (χ1) is 9.08. The van der Waals surface area contributed by atoms with Crippen molar-refractivity contribution >= 4 is 23.4 Å². The van der Waals surface area contributed by atoms with Gasteiger partial charge in [-0.3, -0.25) is 4.79 Å². The van der Waals surface area contributed by atoms with Crippen molar-refractivity contribution in [2.24, 2.45) is 0 Å². The molecule has 19 heavy (non-hydrogen) atoms. The molecule has 0 saturated heterocycles. The van der Waals surface area contributed by atoms with Crippen molar-refractivity contribution in [1.29, 1.82) is 0 Å². The minimum atomic E-state index is 0.0985. The van der Waals surface area contributed by atoms with Crippen LogP contribution in [0.3, 0.4) is 0 Å². The van der Waals surface area contributed by atoms with Crippen LogP contribution in [0.5, 0.6) is 0 Å². The molecule has 0 spiro atoms. The molecule has 1 aromatic carbocycles. The van der Waals surface area contributed by atoms with Crippen LogP contribution < -0.4 is 5.32 Å². The van der Waals surface area contributed by atoms with Gasteiger partial charge < -0.3 is 10.2 Å². The Bertz CT molecular complexity index is 446. The molecule has 0 aliphatic carbocycles. The zero-order valence-electron chi connectivity index (χ0n) is 11.9. The fourth-order valence-electron chi connectivity index (χ4n) is 1.78. The summed E-state index contributed by atoms with van der Waals surface area (Å²) in [5, 5.41) is 3.21. The highest BCUT2D eigenvalue weighted by Crippen LogP contribution is 2.24. The van der Waals surface area contributed by atoms with Gasteiger partial charge in [0.25, 0.3) is 0 Å². The molecule has 4 heteroatoms. The number of amides is 1. The van der Waals surface area contributed by atoms with E-state index < -0.39 is 0 Å². The number of carbonyl (C=O) groups excluding carboxylic acids is 1. The molecular formula is C15H22N2OS. The second-order valence-corrected chi connectivity index (χ2v) is 5.27. The van der Waals surface area contributed by atoms with E-state index >= 15 is 0 Å². The first-order valence-electron chi connectivity index (χ1n) is 6.37. The van der Waals surface area contributed by atoms with Gasteiger partial charge in [-0.05, 0) is 32.2 Å². The number of nitrogens with one attached hydrogen (secondary N) is 1. The predicted molar refractivity (Wildman–Crippen MR) is 83.8 cm³/mol. The first kappa shape index (κ1) is 15.6. The summed E-state index contributed by atoms with van der Waals surface area (Å²) in [6.45, 7) is 9.42. The van der Waals surface area contributed by atoms with Gasteiger partial charge in [-0.15, -0.1) is 11.8 Å². The van der Waals surface area contributed by atoms with Crippen molar-refractivity contribution in [1.82, 2.24) is 4.90 Å². The van der Waals surface area contributed by atoms with Crippen LogP contribution in [0, 0.1) is 0 Å². The lowest BCUT2D eigenvalue weighted by atomic mass is 10.3. The van der Waals surface area contributed by atoms with E-state index in [0.29, 0.717) is 19.6 Å². The molecule has 1 rings (SSSR count). The van der Waals surface area contributed by atoms with E-state index in [9.17, 15) is 4.79 Å². The van der Waals surface area contributed by atoms with Crippen LogP contribution in [0.1, 0.15) is 13.8 Å². The van der Waals surface area contributed by atoms with Gasteiger partial charge in [0.1, 0.15) is 0 Å². The summed E-state index contributed by atoms with van der Waals surface area (Å²) < 4.78 is 0. The van der Waals surface area contributed by atoms with Gasteiger partial charge in [-0.2, -0.15) is 0 Å². The smallest absolute Gasteiger partial charge is 0.242 e. The average Bonchev–Trinajstić information content (AvgIpc) is 2.42. The number of hydrogen-bond acceptors (Lipinski definition) is 3. The number of likely N-dealkylation sites (N-methyl/N-ethyl adjacent to an activating group) is 1. The standard InChI is InChI=1S/C15H22N2OS/c1-5-17(11-12(2)3)15(18)10-16-13-8-6-7-9-14(13)19-4/h6-9,16H,2,5,10-11H2,1,3-4H3. The highest BCUT2D eigenvalue weighted by atomic mass is 32.2. The summed E-state index contributed by atoms with van der Waals surface area (Å²) in [5.41, 5.74) is 2.01. The number of rotatable bonds is 7. The molecule has 0 fully saturated rings. The molecule has 0 aromatic heterocycles. The number of anilines is 1. The van der Waals surface area contributed by atoms with E-state index in [-0.39, 0.29) is 5.91 Å². The van der Waals surface area contributed by atoms with Crippen molar-refractivity contribution in [3.8, 4) is 0 Å². The van der Waals surface area contributed by atoms with E-state index in [4.69, 9.17) is 0 Å². The molecule has 0 atom stereocenters. The number of hydrogen-bond donors (Lipinski definition) is 1. The molecule has 1 aromatic rings. The maximum atomic E-state index is 12.1. The van der Waals surface area contributed by atoms with Crippen LogP contribution in [0.4, 0.5) is 5.69 Å². The zero-order chi connectivity index (χ0) is 14.3. The zero-order valence-corrected chi connectivity index (χ0v) is 12.7. The van der Waals surface area contributed by atoms with Gasteiger partial charge in [0.2, 0.25) is 5.91 Å². The van der Waals surface area contributed by atoms with Gasteiger partial charge >= 0.3 is 0 Å². The molecule has 1 N–H and O–H groups in total. The third-order valence-electron chi connectivity index (χ3n) is 2.73. The number of benzene rings is 1. The maximum Gasteiger partial charge on any atom is 0.242 e. The van der Waals surface area contributed by atoms with Crippen molar-refractivity contribution in [2.45, 2.75) is 18.7 Å². The third kappa shape index (κ3) is 4.99. The molecule has 0 saturated carbocycles. The number of carbonyl (C=O) groups is 1. The van der Waals surface area contributed by atoms with Crippen LogP contribution in [0.2, 0.25) is 0 Å². The summed E-state index contributed by atoms with van der Waals surface area (Å²) in [6, 6.07) is 8.01. The molecule has 0 unspecified atom stereocenters. The fourth-order valence-corrected chi connectivity index (χ4v) is 2.35. The average molecular weight is 278 g/mol. The Morgan fingerprint density at radius 3 is 2.68 bits per heavy atom. The van der Waals surface area contributed by atoms with E-state index in [1.165, 1.54) is 0 Å². The summed E-state index contributed by atoms with van der Waals surface area (Å²) in [6.07, 6.45) is 2.03. The van der Waals surface area contributed by atoms with Gasteiger partial charge in [0.15, 0.2) is 0 Å². The quantitative estimate of drug-likeness (QED) is 0.614. The highest BCUT2D eigenvalue weighted by molar-refractivity contribution is 7.98. The Morgan fingerprint density at radius 2 is 2.11 bits per heavy atom. The minimum absolute atomic E-state index is 0.0985. The molecule has 0 bridgehead atoms. The third-order valence-corrected chi connectivity index (χ3v) is 3.53. The lowest BCUT2D eigenvalue weighted by Crippen LogP contribution is -2.36. The topological polar surface area (TPSA) is 32.3 Å². The summed E-state index contributed by atoms with van der Waals surface area (Å²) >= 11 is 1.67. The minimum Gasteiger partial charge on any atom is -0.375 e. The molecule has 104 valence electrons. The van der Waals surface area contributed by atoms with Crippen molar-refractivity contribution in [3.63, 3.8) is 0 Å². The maximum absolute atomic E-state index is 12.1. The Kier molecular flexibility index (Phi) is 6.50. The van der Waals surface area contributed by atoms with E-state index in [2.05, 4.69) is 11.9 Å². The SMILES string of the molecule is C=C(C)CN(CC)C(=O)CNc1ccccc1SC. The van der Waals surface area contributed by atoms with Crippen molar-refractivity contribution in [3.05, 3.63) is 36.4 Å². The molecular weight excluding hydrogens is 256 g/mol. The Balaban J connectivity index is 2.60. The summed E-state index contributed by atoms with van der Waals surface area (Å²) in [7, 11) is 0. The summed E-state index contributed by atoms with van der Waals surface area (Å²) in [4.78, 5) is 15.1. The molecule has 1 amide bonds. The molecule has 3 nitrogen and oxygen atoms in total. The molecule has 0 aliphatic rings. The molecule has 0 aliphatic heterocycles. The number of nitrogens with zero attached hydrogens (tertiary/aromatic N) is 1. The summed E-state index contributed by atoms with van der Waals surface area (Å²) in [5.74, 6) is 0.0985. The Labute approximate surface area is 120 Å². The van der Waals surface area contributed by atoms with E-state index in [1.54, 1.807) is 16.7 Å². The lowest BCUT2D eigenvalue weighted by molar-refractivity contribution is -0.128. The van der Waals surface area contributed by atoms with Crippen LogP contribution in [-0.4, -0.2) is 36.7 Å². The predicted octanol–water partition coefficient (Wildman–Crippen LogP) is 3.25. The van der Waals surface area contributed by atoms with Crippen molar-refractivity contribution < 1.29 is 4.79 Å². The molecule has 0 heterocycles. The van der Waals surface area contributed by atoms with Crippen LogP contribution >= 0.6 is 11.8 Å². The van der Waals surface area contributed by atoms with E-state index in [1.807, 2.05) is 44.4 Å². The second-order valence-electron chi connectivity index (χ2n) is 4.42. The van der Waals surface area contributed by atoms with Crippen molar-refractivity contribution in [2.75, 3.05) is 31.2 Å². The van der Waals surface area contributed by atoms with Gasteiger partial charge in [0, 0.05) is 23.7 Å². The first-order valence-corrected chi connectivity index (χ1v) is 7.60. The van der Waals surface area contributed by atoms with Gasteiger partial charge in [-0.1, -0.05) is 24.3 Å².